The normalized spacial score (nSPS) is 11.2. The summed E-state index contributed by atoms with van der Waals surface area (Å²) < 4.78 is 9.00. The lowest BCUT2D eigenvalue weighted by Gasteiger charge is -1.91. The molecule has 26 heavy (non-hydrogen) atoms. The molecule has 0 aliphatic heterocycles. The van der Waals surface area contributed by atoms with E-state index in [0.717, 1.165) is 11.6 Å². The van der Waals surface area contributed by atoms with E-state index in [2.05, 4.69) is 66.1 Å². The van der Waals surface area contributed by atoms with Crippen molar-refractivity contribution in [3.05, 3.63) is 58.4 Å². The van der Waals surface area contributed by atoms with Gasteiger partial charge in [0.15, 0.2) is 5.06 Å². The second kappa shape index (κ2) is 8.65. The van der Waals surface area contributed by atoms with Crippen LogP contribution in [0.1, 0.15) is 16.8 Å². The van der Waals surface area contributed by atoms with Gasteiger partial charge >= 0.3 is 0 Å². The van der Waals surface area contributed by atoms with Crippen molar-refractivity contribution in [2.75, 3.05) is 7.11 Å². The first-order chi connectivity index (χ1) is 12.3. The van der Waals surface area contributed by atoms with Gasteiger partial charge in [0.05, 0.1) is 7.11 Å². The van der Waals surface area contributed by atoms with Crippen LogP contribution in [0.4, 0.5) is 0 Å². The summed E-state index contributed by atoms with van der Waals surface area (Å²) >= 11 is 5.34. The van der Waals surface area contributed by atoms with Gasteiger partial charge in [-0.15, -0.1) is 11.3 Å². The van der Waals surface area contributed by atoms with E-state index in [1.54, 1.807) is 18.4 Å². The van der Waals surface area contributed by atoms with Crippen molar-refractivity contribution >= 4 is 56.4 Å². The maximum absolute atomic E-state index is 5.29. The van der Waals surface area contributed by atoms with E-state index >= 15 is 0 Å². The van der Waals surface area contributed by atoms with Crippen molar-refractivity contribution < 1.29 is 33.3 Å². The van der Waals surface area contributed by atoms with Crippen molar-refractivity contribution in [3.8, 4) is 14.8 Å². The largest absolute Gasteiger partial charge is 1.00 e. The third-order valence-electron chi connectivity index (χ3n) is 4.00. The molecule has 0 spiro atoms. The van der Waals surface area contributed by atoms with Gasteiger partial charge in [-0.2, -0.15) is 4.57 Å². The van der Waals surface area contributed by atoms with Crippen LogP contribution in [0.3, 0.4) is 0 Å². The van der Waals surface area contributed by atoms with Gasteiger partial charge in [-0.1, -0.05) is 34.8 Å². The third kappa shape index (κ3) is 3.88. The number of benzene rings is 1. The minimum absolute atomic E-state index is 0. The van der Waals surface area contributed by atoms with Gasteiger partial charge in [0, 0.05) is 26.8 Å². The summed E-state index contributed by atoms with van der Waals surface area (Å²) in [5, 5.41) is 2.24. The standard InChI is InChI=1S/C20H18NOS3.HI/c1-3-21-15-6-4-5-7-16(15)24-19(21)12-9-14-8-10-17(23-14)18-11-13-20(22-2)25-18;/h4-13H,3H2,1-2H3;1H/q+1;/p-1/b12-9+;. The molecule has 0 aliphatic rings. The molecule has 0 radical (unpaired) electrons. The topological polar surface area (TPSA) is 13.1 Å². The highest BCUT2D eigenvalue weighted by atomic mass is 127. The van der Waals surface area contributed by atoms with Crippen LogP contribution in [0.15, 0.2) is 48.5 Å². The Bertz CT molecular complexity index is 1040. The minimum Gasteiger partial charge on any atom is -1.00 e. The van der Waals surface area contributed by atoms with Crippen molar-refractivity contribution in [2.45, 2.75) is 13.5 Å². The van der Waals surface area contributed by atoms with Gasteiger partial charge in [0.25, 0.3) is 5.01 Å². The zero-order valence-corrected chi connectivity index (χ0v) is 19.0. The molecule has 0 saturated heterocycles. The molecular formula is C20H18INOS3. The number of aryl methyl sites for hydroxylation is 1. The van der Waals surface area contributed by atoms with Gasteiger partial charge in [-0.05, 0) is 43.3 Å². The van der Waals surface area contributed by atoms with Crippen LogP contribution in [0, 0.1) is 0 Å². The highest BCUT2D eigenvalue weighted by Crippen LogP contribution is 2.37. The molecule has 0 saturated carbocycles. The molecule has 0 N–H and O–H groups in total. The Hall–Kier alpha value is -1.22. The lowest BCUT2D eigenvalue weighted by Crippen LogP contribution is -3.00. The van der Waals surface area contributed by atoms with Gasteiger partial charge in [0.2, 0.25) is 5.52 Å². The molecule has 0 fully saturated rings. The number of fused-ring (bicyclic) bond motifs is 1. The number of hydrogen-bond acceptors (Lipinski definition) is 4. The maximum Gasteiger partial charge on any atom is 0.262 e. The van der Waals surface area contributed by atoms with E-state index in [1.165, 1.54) is 29.9 Å². The highest BCUT2D eigenvalue weighted by molar-refractivity contribution is 7.23. The Labute approximate surface area is 182 Å². The summed E-state index contributed by atoms with van der Waals surface area (Å²) in [5.74, 6) is 0. The van der Waals surface area contributed by atoms with Crippen molar-refractivity contribution in [3.63, 3.8) is 0 Å². The Balaban J connectivity index is 0.00000196. The number of ether oxygens (including phenoxy) is 1. The first-order valence-electron chi connectivity index (χ1n) is 8.12. The lowest BCUT2D eigenvalue weighted by atomic mass is 10.3. The summed E-state index contributed by atoms with van der Waals surface area (Å²) in [7, 11) is 1.71. The van der Waals surface area contributed by atoms with Crippen LogP contribution in [-0.2, 0) is 6.54 Å². The third-order valence-corrected chi connectivity index (χ3v) is 7.42. The summed E-state index contributed by atoms with van der Waals surface area (Å²) in [6.45, 7) is 3.18. The van der Waals surface area contributed by atoms with Crippen LogP contribution in [0.2, 0.25) is 0 Å². The van der Waals surface area contributed by atoms with Crippen molar-refractivity contribution in [1.82, 2.24) is 0 Å². The van der Waals surface area contributed by atoms with E-state index < -0.39 is 0 Å². The van der Waals surface area contributed by atoms with Gasteiger partial charge in [-0.3, -0.25) is 0 Å². The van der Waals surface area contributed by atoms with Gasteiger partial charge in [-0.25, -0.2) is 0 Å². The summed E-state index contributed by atoms with van der Waals surface area (Å²) in [6, 6.07) is 17.1. The zero-order chi connectivity index (χ0) is 17.2. The first-order valence-corrected chi connectivity index (χ1v) is 10.6. The molecule has 3 heterocycles. The number of halogens is 1. The molecule has 0 aliphatic carbocycles. The molecule has 0 amide bonds. The van der Waals surface area contributed by atoms with Crippen LogP contribution in [-0.4, -0.2) is 7.11 Å². The molecule has 6 heteroatoms. The Morgan fingerprint density at radius 1 is 0.923 bits per heavy atom. The Morgan fingerprint density at radius 3 is 2.46 bits per heavy atom. The van der Waals surface area contributed by atoms with Gasteiger partial charge < -0.3 is 28.7 Å². The molecule has 0 atom stereocenters. The molecule has 1 aromatic carbocycles. The monoisotopic (exact) mass is 511 g/mol. The van der Waals surface area contributed by atoms with Crippen LogP contribution >= 0.6 is 34.0 Å². The number of thiazole rings is 1. The fourth-order valence-electron chi connectivity index (χ4n) is 2.79. The molecule has 0 bridgehead atoms. The molecular weight excluding hydrogens is 493 g/mol. The van der Waals surface area contributed by atoms with E-state index in [9.17, 15) is 0 Å². The number of nitrogens with zero attached hydrogens (tertiary/aromatic N) is 1. The first kappa shape index (κ1) is 19.5. The molecule has 4 rings (SSSR count). The lowest BCUT2D eigenvalue weighted by molar-refractivity contribution is -0.665. The fourth-order valence-corrected chi connectivity index (χ4v) is 5.74. The van der Waals surface area contributed by atoms with Crippen LogP contribution < -0.4 is 33.3 Å². The number of rotatable bonds is 5. The van der Waals surface area contributed by atoms with Crippen molar-refractivity contribution in [2.24, 2.45) is 0 Å². The molecule has 4 aromatic rings. The average Bonchev–Trinajstić information content (AvgIpc) is 3.36. The Kier molecular flexibility index (Phi) is 6.50. The second-order valence-electron chi connectivity index (χ2n) is 5.51. The summed E-state index contributed by atoms with van der Waals surface area (Å²) in [5.41, 5.74) is 1.31. The number of aromatic nitrogens is 1. The highest BCUT2D eigenvalue weighted by Gasteiger charge is 2.16. The minimum atomic E-state index is 0. The van der Waals surface area contributed by atoms with E-state index in [1.807, 2.05) is 28.7 Å². The number of thiophene rings is 2. The van der Waals surface area contributed by atoms with Crippen LogP contribution in [0.25, 0.3) is 32.1 Å². The zero-order valence-electron chi connectivity index (χ0n) is 14.4. The quantitative estimate of drug-likeness (QED) is 0.297. The predicted octanol–water partition coefficient (Wildman–Crippen LogP) is 3.18. The molecule has 3 aromatic heterocycles. The number of hydrogen-bond donors (Lipinski definition) is 0. The predicted molar refractivity (Wildman–Crippen MR) is 111 cm³/mol. The SMILES string of the molecule is CC[n+]1c(/C=C/c2ccc(-c3ccc(OC)s3)s2)sc2ccccc21.[I-]. The van der Waals surface area contributed by atoms with Crippen molar-refractivity contribution in [1.29, 1.82) is 0 Å². The van der Waals surface area contributed by atoms with E-state index in [-0.39, 0.29) is 24.0 Å². The molecule has 2 nitrogen and oxygen atoms in total. The number of para-hydroxylation sites is 1. The second-order valence-corrected chi connectivity index (χ2v) is 8.73. The summed E-state index contributed by atoms with van der Waals surface area (Å²) in [4.78, 5) is 3.81. The van der Waals surface area contributed by atoms with Crippen LogP contribution in [0.5, 0.6) is 5.06 Å². The Morgan fingerprint density at radius 2 is 1.69 bits per heavy atom. The van der Waals surface area contributed by atoms with E-state index in [0.29, 0.717) is 0 Å². The number of methoxy groups -OCH3 is 1. The van der Waals surface area contributed by atoms with E-state index in [4.69, 9.17) is 4.74 Å². The summed E-state index contributed by atoms with van der Waals surface area (Å²) in [6.07, 6.45) is 4.45. The molecule has 134 valence electrons. The average molecular weight is 511 g/mol. The smallest absolute Gasteiger partial charge is 0.262 e. The fraction of sp³-hybridized carbons (Fsp3) is 0.150. The van der Waals surface area contributed by atoms with Gasteiger partial charge in [0.1, 0.15) is 11.2 Å². The molecule has 0 unspecified atom stereocenters. The maximum atomic E-state index is 5.29.